The SMILES string of the molecule is NCCN1CCN(C(=O)N/C=C/c2cccc(Br)c2)CC1. The number of rotatable bonds is 4. The highest BCUT2D eigenvalue weighted by atomic mass is 79.9. The summed E-state index contributed by atoms with van der Waals surface area (Å²) in [6.07, 6.45) is 3.57. The summed E-state index contributed by atoms with van der Waals surface area (Å²) >= 11 is 3.42. The van der Waals surface area contributed by atoms with E-state index in [2.05, 4.69) is 26.1 Å². The highest BCUT2D eigenvalue weighted by Gasteiger charge is 2.19. The van der Waals surface area contributed by atoms with Crippen LogP contribution < -0.4 is 11.1 Å². The Bertz CT molecular complexity index is 498. The van der Waals surface area contributed by atoms with Crippen LogP contribution in [-0.2, 0) is 0 Å². The molecular formula is C15H21BrN4O. The molecule has 0 atom stereocenters. The second-order valence-corrected chi connectivity index (χ2v) is 5.87. The summed E-state index contributed by atoms with van der Waals surface area (Å²) in [5.41, 5.74) is 6.58. The van der Waals surface area contributed by atoms with Crippen LogP contribution in [0.4, 0.5) is 4.79 Å². The van der Waals surface area contributed by atoms with Gasteiger partial charge in [-0.05, 0) is 23.8 Å². The number of nitrogens with zero attached hydrogens (tertiary/aromatic N) is 2. The molecule has 1 heterocycles. The second kappa shape index (κ2) is 8.17. The Balaban J connectivity index is 1.77. The second-order valence-electron chi connectivity index (χ2n) is 4.96. The van der Waals surface area contributed by atoms with Gasteiger partial charge >= 0.3 is 6.03 Å². The molecule has 0 aromatic heterocycles. The maximum Gasteiger partial charge on any atom is 0.321 e. The van der Waals surface area contributed by atoms with Crippen LogP contribution in [0.1, 0.15) is 5.56 Å². The molecule has 0 bridgehead atoms. The molecule has 1 fully saturated rings. The maximum atomic E-state index is 12.0. The van der Waals surface area contributed by atoms with Crippen molar-refractivity contribution in [3.63, 3.8) is 0 Å². The molecule has 0 unspecified atom stereocenters. The smallest absolute Gasteiger partial charge is 0.321 e. The van der Waals surface area contributed by atoms with Crippen molar-refractivity contribution in [1.82, 2.24) is 15.1 Å². The van der Waals surface area contributed by atoms with Gasteiger partial charge in [0, 0.05) is 49.9 Å². The number of carbonyl (C=O) groups is 1. The fourth-order valence-corrected chi connectivity index (χ4v) is 2.68. The molecule has 21 heavy (non-hydrogen) atoms. The van der Waals surface area contributed by atoms with Crippen LogP contribution >= 0.6 is 15.9 Å². The van der Waals surface area contributed by atoms with Crippen molar-refractivity contribution in [2.24, 2.45) is 5.73 Å². The van der Waals surface area contributed by atoms with E-state index < -0.39 is 0 Å². The van der Waals surface area contributed by atoms with Crippen LogP contribution in [0, 0.1) is 0 Å². The van der Waals surface area contributed by atoms with Crippen LogP contribution in [0.15, 0.2) is 34.9 Å². The summed E-state index contributed by atoms with van der Waals surface area (Å²) in [4.78, 5) is 16.1. The molecule has 1 aliphatic heterocycles. The van der Waals surface area contributed by atoms with Crippen LogP contribution in [0.3, 0.4) is 0 Å². The first-order valence-electron chi connectivity index (χ1n) is 7.09. The standard InChI is InChI=1S/C15H21BrN4O/c16-14-3-1-2-13(12-14)4-6-18-15(21)20-10-8-19(7-5-17)9-11-20/h1-4,6,12H,5,7-11,17H2,(H,18,21)/b6-4+. The largest absolute Gasteiger partial charge is 0.329 e. The van der Waals surface area contributed by atoms with E-state index in [-0.39, 0.29) is 6.03 Å². The predicted molar refractivity (Wildman–Crippen MR) is 88.8 cm³/mol. The average molecular weight is 353 g/mol. The Kier molecular flexibility index (Phi) is 6.22. The van der Waals surface area contributed by atoms with Crippen molar-refractivity contribution in [3.8, 4) is 0 Å². The number of nitrogens with one attached hydrogen (secondary N) is 1. The summed E-state index contributed by atoms with van der Waals surface area (Å²) in [5, 5.41) is 2.82. The van der Waals surface area contributed by atoms with Gasteiger partial charge < -0.3 is 16.0 Å². The first-order valence-corrected chi connectivity index (χ1v) is 7.88. The fraction of sp³-hybridized carbons (Fsp3) is 0.400. The Morgan fingerprint density at radius 1 is 1.33 bits per heavy atom. The number of benzene rings is 1. The molecule has 1 aromatic rings. The monoisotopic (exact) mass is 352 g/mol. The lowest BCUT2D eigenvalue weighted by Crippen LogP contribution is -2.51. The van der Waals surface area contributed by atoms with Crippen molar-refractivity contribution in [3.05, 3.63) is 40.5 Å². The van der Waals surface area contributed by atoms with Gasteiger partial charge in [0.1, 0.15) is 0 Å². The highest BCUT2D eigenvalue weighted by Crippen LogP contribution is 2.12. The molecule has 6 heteroatoms. The number of amides is 2. The van der Waals surface area contributed by atoms with E-state index in [9.17, 15) is 4.79 Å². The topological polar surface area (TPSA) is 61.6 Å². The van der Waals surface area contributed by atoms with E-state index in [1.165, 1.54) is 0 Å². The van der Waals surface area contributed by atoms with Crippen molar-refractivity contribution < 1.29 is 4.79 Å². The Labute approximate surface area is 133 Å². The number of carbonyl (C=O) groups excluding carboxylic acids is 1. The summed E-state index contributed by atoms with van der Waals surface area (Å²) in [5.74, 6) is 0. The maximum absolute atomic E-state index is 12.0. The molecule has 2 rings (SSSR count). The van der Waals surface area contributed by atoms with Crippen molar-refractivity contribution in [2.45, 2.75) is 0 Å². The molecule has 5 nitrogen and oxygen atoms in total. The first-order chi connectivity index (χ1) is 10.2. The molecule has 1 saturated heterocycles. The Morgan fingerprint density at radius 3 is 2.76 bits per heavy atom. The van der Waals surface area contributed by atoms with E-state index >= 15 is 0 Å². The third-order valence-corrected chi connectivity index (χ3v) is 3.93. The third-order valence-electron chi connectivity index (χ3n) is 3.44. The summed E-state index contributed by atoms with van der Waals surface area (Å²) in [6, 6.07) is 7.86. The van der Waals surface area contributed by atoms with Crippen LogP contribution in [0.2, 0.25) is 0 Å². The lowest BCUT2D eigenvalue weighted by Gasteiger charge is -2.34. The first kappa shape index (κ1) is 16.0. The normalized spacial score (nSPS) is 16.4. The zero-order valence-corrected chi connectivity index (χ0v) is 13.6. The predicted octanol–water partition coefficient (Wildman–Crippen LogP) is 1.71. The number of piperazine rings is 1. The van der Waals surface area contributed by atoms with E-state index in [0.717, 1.165) is 42.8 Å². The zero-order valence-electron chi connectivity index (χ0n) is 12.0. The van der Waals surface area contributed by atoms with Gasteiger partial charge in [0.25, 0.3) is 0 Å². The van der Waals surface area contributed by atoms with Gasteiger partial charge in [0.15, 0.2) is 0 Å². The quantitative estimate of drug-likeness (QED) is 0.866. The summed E-state index contributed by atoms with van der Waals surface area (Å²) in [7, 11) is 0. The average Bonchev–Trinajstić information content (AvgIpc) is 2.48. The summed E-state index contributed by atoms with van der Waals surface area (Å²) in [6.45, 7) is 4.84. The molecule has 1 aliphatic rings. The van der Waals surface area contributed by atoms with Crippen LogP contribution in [-0.4, -0.2) is 55.1 Å². The summed E-state index contributed by atoms with van der Waals surface area (Å²) < 4.78 is 1.02. The minimum Gasteiger partial charge on any atom is -0.329 e. The van der Waals surface area contributed by atoms with Crippen LogP contribution in [0.5, 0.6) is 0 Å². The van der Waals surface area contributed by atoms with Crippen molar-refractivity contribution >= 4 is 28.0 Å². The minimum atomic E-state index is -0.0476. The minimum absolute atomic E-state index is 0.0476. The van der Waals surface area contributed by atoms with Gasteiger partial charge in [-0.1, -0.05) is 28.1 Å². The van der Waals surface area contributed by atoms with E-state index in [1.807, 2.05) is 35.2 Å². The van der Waals surface area contributed by atoms with E-state index in [1.54, 1.807) is 6.20 Å². The number of hydrogen-bond acceptors (Lipinski definition) is 3. The van der Waals surface area contributed by atoms with Gasteiger partial charge in [-0.15, -0.1) is 0 Å². The molecule has 0 aliphatic carbocycles. The van der Waals surface area contributed by atoms with Gasteiger partial charge in [-0.2, -0.15) is 0 Å². The molecule has 3 N–H and O–H groups in total. The number of urea groups is 1. The van der Waals surface area contributed by atoms with Gasteiger partial charge in [-0.25, -0.2) is 4.79 Å². The van der Waals surface area contributed by atoms with E-state index in [4.69, 9.17) is 5.73 Å². The fourth-order valence-electron chi connectivity index (χ4n) is 2.27. The van der Waals surface area contributed by atoms with Gasteiger partial charge in [0.05, 0.1) is 0 Å². The number of nitrogens with two attached hydrogens (primary N) is 1. The van der Waals surface area contributed by atoms with Crippen molar-refractivity contribution in [2.75, 3.05) is 39.3 Å². The lowest BCUT2D eigenvalue weighted by atomic mass is 10.2. The highest BCUT2D eigenvalue weighted by molar-refractivity contribution is 9.10. The van der Waals surface area contributed by atoms with Crippen molar-refractivity contribution in [1.29, 1.82) is 0 Å². The third kappa shape index (κ3) is 5.15. The molecule has 0 saturated carbocycles. The van der Waals surface area contributed by atoms with Gasteiger partial charge in [-0.3, -0.25) is 4.90 Å². The number of halogens is 1. The molecule has 0 spiro atoms. The van der Waals surface area contributed by atoms with Gasteiger partial charge in [0.2, 0.25) is 0 Å². The van der Waals surface area contributed by atoms with E-state index in [0.29, 0.717) is 6.54 Å². The Hall–Kier alpha value is -1.37. The number of hydrogen-bond donors (Lipinski definition) is 2. The molecule has 1 aromatic carbocycles. The lowest BCUT2D eigenvalue weighted by molar-refractivity contribution is 0.143. The molecule has 2 amide bonds. The Morgan fingerprint density at radius 2 is 2.10 bits per heavy atom. The molecule has 0 radical (unpaired) electrons. The molecular weight excluding hydrogens is 332 g/mol. The zero-order chi connectivity index (χ0) is 15.1. The van der Waals surface area contributed by atoms with Crippen LogP contribution in [0.25, 0.3) is 6.08 Å². The molecule has 114 valence electrons.